The third-order valence-electron chi connectivity index (χ3n) is 11.8. The Kier molecular flexibility index (Phi) is 14.2. The number of carbonyl (C=O) groups is 6. The fraction of sp³-hybridized carbons (Fsp3) is 0.314. The first kappa shape index (κ1) is 46.6. The van der Waals surface area contributed by atoms with Crippen molar-refractivity contribution in [2.24, 2.45) is 0 Å². The van der Waals surface area contributed by atoms with E-state index in [1.807, 2.05) is 54.6 Å². The number of fused-ring (bicyclic) bond motifs is 1. The molecule has 0 saturated carbocycles. The molecule has 4 aromatic carbocycles. The smallest absolute Gasteiger partial charge is 0.447 e. The highest BCUT2D eigenvalue weighted by Gasteiger charge is 2.40. The number of nitrogens with zero attached hydrogens (tertiary/aromatic N) is 3. The summed E-state index contributed by atoms with van der Waals surface area (Å²) in [7, 11) is 0. The first-order chi connectivity index (χ1) is 32.8. The Morgan fingerprint density at radius 2 is 1.24 bits per heavy atom. The summed E-state index contributed by atoms with van der Waals surface area (Å²) in [6.45, 7) is 7.52. The van der Waals surface area contributed by atoms with Gasteiger partial charge in [-0.15, -0.1) is 0 Å². The number of amides is 5. The number of carbonyl (C=O) groups excluding carboxylic acids is 6. The number of anilines is 1. The van der Waals surface area contributed by atoms with Crippen LogP contribution in [0.25, 0.3) is 33.4 Å². The van der Waals surface area contributed by atoms with Crippen LogP contribution in [0.3, 0.4) is 0 Å². The lowest BCUT2D eigenvalue weighted by molar-refractivity contribution is -0.138. The minimum Gasteiger partial charge on any atom is -0.447 e. The lowest BCUT2D eigenvalue weighted by Crippen LogP contribution is -2.48. The molecule has 4 heterocycles. The Bertz CT molecular complexity index is 2770. The molecule has 17 nitrogen and oxygen atoms in total. The zero-order valence-electron chi connectivity index (χ0n) is 38.2. The molecule has 2 fully saturated rings. The monoisotopic (exact) mass is 922 g/mol. The van der Waals surface area contributed by atoms with E-state index >= 15 is 0 Å². The molecule has 5 N–H and O–H groups in total. The first-order valence-electron chi connectivity index (χ1n) is 22.8. The van der Waals surface area contributed by atoms with Crippen molar-refractivity contribution < 1.29 is 43.0 Å². The second kappa shape index (κ2) is 20.7. The summed E-state index contributed by atoms with van der Waals surface area (Å²) in [5.74, 6) is -0.467. The Labute approximate surface area is 392 Å². The summed E-state index contributed by atoms with van der Waals surface area (Å²) in [5, 5.41) is 9.16. The van der Waals surface area contributed by atoms with Gasteiger partial charge in [-0.3, -0.25) is 14.4 Å². The van der Waals surface area contributed by atoms with Crippen molar-refractivity contribution in [3.63, 3.8) is 0 Å². The van der Waals surface area contributed by atoms with E-state index in [9.17, 15) is 28.8 Å². The Morgan fingerprint density at radius 1 is 0.647 bits per heavy atom. The number of likely N-dealkylation sites (tertiary alicyclic amines) is 2. The number of benzene rings is 4. The molecule has 0 bridgehead atoms. The van der Waals surface area contributed by atoms with E-state index in [1.165, 1.54) is 4.90 Å². The molecule has 0 aliphatic carbocycles. The maximum atomic E-state index is 14.2. The maximum Gasteiger partial charge on any atom is 0.517 e. The maximum absolute atomic E-state index is 14.2. The molecule has 5 amide bonds. The number of aromatic amines is 2. The van der Waals surface area contributed by atoms with Gasteiger partial charge in [0.2, 0.25) is 5.91 Å². The van der Waals surface area contributed by atoms with E-state index in [1.54, 1.807) is 93.4 Å². The summed E-state index contributed by atoms with van der Waals surface area (Å²) in [6.07, 6.45) is 0.383. The van der Waals surface area contributed by atoms with Crippen molar-refractivity contribution in [1.82, 2.24) is 35.4 Å². The zero-order valence-corrected chi connectivity index (χ0v) is 38.2. The third-order valence-corrected chi connectivity index (χ3v) is 11.8. The van der Waals surface area contributed by atoms with Crippen LogP contribution in [0.2, 0.25) is 0 Å². The van der Waals surface area contributed by atoms with E-state index in [0.717, 1.165) is 39.8 Å². The molecule has 2 aromatic heterocycles. The van der Waals surface area contributed by atoms with Gasteiger partial charge in [0, 0.05) is 35.4 Å². The van der Waals surface area contributed by atoms with Crippen LogP contribution in [0, 0.1) is 0 Å². The number of rotatable bonds is 13. The van der Waals surface area contributed by atoms with Gasteiger partial charge in [-0.25, -0.2) is 19.4 Å². The lowest BCUT2D eigenvalue weighted by atomic mass is 10.0. The van der Waals surface area contributed by atoms with E-state index < -0.39 is 42.6 Å². The molecule has 68 heavy (non-hydrogen) atoms. The molecule has 0 spiro atoms. The second-order valence-corrected chi connectivity index (χ2v) is 17.3. The van der Waals surface area contributed by atoms with Crippen LogP contribution in [0.4, 0.5) is 20.1 Å². The fourth-order valence-corrected chi connectivity index (χ4v) is 8.69. The highest BCUT2D eigenvalue weighted by molar-refractivity contribution is 6.00. The molecule has 6 aromatic rings. The largest absolute Gasteiger partial charge is 0.517 e. The van der Waals surface area contributed by atoms with Gasteiger partial charge < -0.3 is 49.9 Å². The van der Waals surface area contributed by atoms with Crippen molar-refractivity contribution in [3.8, 4) is 22.5 Å². The number of H-pyrrole nitrogens is 2. The van der Waals surface area contributed by atoms with Gasteiger partial charge in [-0.1, -0.05) is 84.9 Å². The molecule has 8 rings (SSSR count). The SMILES string of the molecule is CC(C)OC(=O)N[C@@H](C(=O)N1CCC[C@H]1C(=O)Nc1ccc2[nH]c(-c3ccc(-c4cnc([C@@H]5CCCN5C(=O)[C@H](NC(=O)OC(=O)OC(C)C)c5ccccc5)[nH]4)cc3)cc2c1)c1ccccc1. The molecular weight excluding hydrogens is 869 g/mol. The van der Waals surface area contributed by atoms with Crippen LogP contribution < -0.4 is 16.0 Å². The van der Waals surface area contributed by atoms with Gasteiger partial charge in [-0.2, -0.15) is 0 Å². The van der Waals surface area contributed by atoms with Crippen molar-refractivity contribution in [2.45, 2.75) is 89.8 Å². The molecule has 0 radical (unpaired) electrons. The van der Waals surface area contributed by atoms with Gasteiger partial charge in [0.15, 0.2) is 0 Å². The van der Waals surface area contributed by atoms with Crippen molar-refractivity contribution in [1.29, 1.82) is 0 Å². The molecule has 4 atom stereocenters. The molecular formula is C51H54N8O9. The zero-order chi connectivity index (χ0) is 47.9. The minimum absolute atomic E-state index is 0.315. The number of imidazole rings is 1. The molecule has 2 saturated heterocycles. The summed E-state index contributed by atoms with van der Waals surface area (Å²) >= 11 is 0. The fourth-order valence-electron chi connectivity index (χ4n) is 8.69. The van der Waals surface area contributed by atoms with Gasteiger partial charge in [0.05, 0.1) is 30.1 Å². The third kappa shape index (κ3) is 10.8. The van der Waals surface area contributed by atoms with Gasteiger partial charge >= 0.3 is 18.3 Å². The van der Waals surface area contributed by atoms with Crippen molar-refractivity contribution in [3.05, 3.63) is 132 Å². The molecule has 17 heteroatoms. The average molecular weight is 923 g/mol. The molecule has 2 aliphatic heterocycles. The highest BCUT2D eigenvalue weighted by atomic mass is 16.7. The quantitative estimate of drug-likeness (QED) is 0.0548. The summed E-state index contributed by atoms with van der Waals surface area (Å²) in [5.41, 5.74) is 6.00. The van der Waals surface area contributed by atoms with Crippen LogP contribution in [0.1, 0.15) is 88.5 Å². The summed E-state index contributed by atoms with van der Waals surface area (Å²) < 4.78 is 15.0. The van der Waals surface area contributed by atoms with E-state index in [4.69, 9.17) is 14.2 Å². The predicted molar refractivity (Wildman–Crippen MR) is 253 cm³/mol. The predicted octanol–water partition coefficient (Wildman–Crippen LogP) is 8.71. The van der Waals surface area contributed by atoms with Gasteiger partial charge in [-0.05, 0) is 99.9 Å². The minimum atomic E-state index is -1.16. The van der Waals surface area contributed by atoms with E-state index in [2.05, 4.69) is 30.9 Å². The van der Waals surface area contributed by atoms with Crippen molar-refractivity contribution in [2.75, 3.05) is 18.4 Å². The van der Waals surface area contributed by atoms with Crippen LogP contribution in [-0.4, -0.2) is 92.2 Å². The Hall–Kier alpha value is -7.95. The standard InChI is InChI=1S/C51H54N8O9/c1-30(2)66-49(63)56-44(35-15-9-6-10-16-35)48(62)59-26-12-18-42(59)46(60)53-37-23-24-38-36(27-37)28-39(54-38)32-19-21-33(22-20-32)40-29-52-45(55-40)41-17-11-25-58(41)47(61)43(34-13-7-5-8-14-34)57-50(64)68-51(65)67-31(3)4/h5-10,13-16,19-24,27-31,41-44,54H,11-12,17-18,25-26H2,1-4H3,(H,52,55)(H,53,60)(H,56,63)(H,57,64)/t41-,42-,43+,44+/m0/s1. The Balaban J connectivity index is 0.919. The summed E-state index contributed by atoms with van der Waals surface area (Å²) in [6, 6.07) is 30.0. The summed E-state index contributed by atoms with van der Waals surface area (Å²) in [4.78, 5) is 94.1. The van der Waals surface area contributed by atoms with E-state index in [0.29, 0.717) is 55.0 Å². The van der Waals surface area contributed by atoms with Crippen LogP contribution in [0.15, 0.2) is 115 Å². The van der Waals surface area contributed by atoms with Crippen LogP contribution in [-0.2, 0) is 28.6 Å². The van der Waals surface area contributed by atoms with Gasteiger partial charge in [0.25, 0.3) is 11.8 Å². The van der Waals surface area contributed by atoms with Crippen molar-refractivity contribution >= 4 is 52.7 Å². The molecule has 352 valence electrons. The molecule has 0 unspecified atom stereocenters. The number of ether oxygens (including phenoxy) is 3. The highest BCUT2D eigenvalue weighted by Crippen LogP contribution is 2.35. The average Bonchev–Trinajstić information content (AvgIpc) is 4.17. The second-order valence-electron chi connectivity index (χ2n) is 17.3. The van der Waals surface area contributed by atoms with Gasteiger partial charge in [0.1, 0.15) is 23.9 Å². The Morgan fingerprint density at radius 3 is 1.88 bits per heavy atom. The van der Waals surface area contributed by atoms with Crippen LogP contribution in [0.5, 0.6) is 0 Å². The number of aromatic nitrogens is 3. The van der Waals surface area contributed by atoms with Crippen LogP contribution >= 0.6 is 0 Å². The normalized spacial score (nSPS) is 16.6. The van der Waals surface area contributed by atoms with E-state index in [-0.39, 0.29) is 29.9 Å². The number of nitrogens with one attached hydrogen (secondary N) is 5. The topological polar surface area (TPSA) is 217 Å². The number of alkyl carbamates (subject to hydrolysis) is 2. The lowest BCUT2D eigenvalue weighted by Gasteiger charge is -2.29. The molecule has 2 aliphatic rings. The number of hydrogen-bond acceptors (Lipinski definition) is 10. The first-order valence-corrected chi connectivity index (χ1v) is 22.8. The number of hydrogen-bond donors (Lipinski definition) is 5.